The van der Waals surface area contributed by atoms with Gasteiger partial charge in [-0.25, -0.2) is 4.79 Å². The Hall–Kier alpha value is -3.36. The Labute approximate surface area is 237 Å². The molecule has 1 aromatic heterocycles. The van der Waals surface area contributed by atoms with Crippen LogP contribution in [0.3, 0.4) is 0 Å². The monoisotopic (exact) mass is 556 g/mol. The minimum atomic E-state index is -1.47. The normalized spacial score (nSPS) is 21.4. The molecule has 0 aliphatic carbocycles. The Kier molecular flexibility index (Phi) is 8.77. The largest absolute Gasteiger partial charge is 0.496 e. The zero-order valence-electron chi connectivity index (χ0n) is 25.7. The van der Waals surface area contributed by atoms with Crippen molar-refractivity contribution >= 4 is 17.8 Å². The van der Waals surface area contributed by atoms with Crippen LogP contribution in [-0.4, -0.2) is 53.3 Å². The molecule has 0 spiro atoms. The van der Waals surface area contributed by atoms with Gasteiger partial charge in [0.2, 0.25) is 0 Å². The molecule has 1 aromatic carbocycles. The third-order valence-electron chi connectivity index (χ3n) is 7.13. The van der Waals surface area contributed by atoms with E-state index in [1.807, 2.05) is 19.9 Å². The van der Waals surface area contributed by atoms with Crippen LogP contribution in [0.1, 0.15) is 102 Å². The summed E-state index contributed by atoms with van der Waals surface area (Å²) in [6.45, 7) is 17.2. The fourth-order valence-corrected chi connectivity index (χ4v) is 5.65. The van der Waals surface area contributed by atoms with Gasteiger partial charge in [-0.05, 0) is 69.6 Å². The summed E-state index contributed by atoms with van der Waals surface area (Å²) >= 11 is 0. The second-order valence-electron chi connectivity index (χ2n) is 13.1. The van der Waals surface area contributed by atoms with Crippen LogP contribution in [0.15, 0.2) is 28.8 Å². The maximum Gasteiger partial charge on any atom is 0.332 e. The summed E-state index contributed by atoms with van der Waals surface area (Å²) in [5, 5.41) is 4.20. The zero-order valence-corrected chi connectivity index (χ0v) is 25.7. The molecule has 1 amide bonds. The van der Waals surface area contributed by atoms with Crippen LogP contribution in [0.4, 0.5) is 0 Å². The number of carbonyl (C=O) groups excluding carboxylic acids is 3. The summed E-state index contributed by atoms with van der Waals surface area (Å²) in [6, 6.07) is 6.06. The first-order chi connectivity index (χ1) is 18.4. The number of amides is 1. The summed E-state index contributed by atoms with van der Waals surface area (Å²) in [4.78, 5) is 43.6. The van der Waals surface area contributed by atoms with Gasteiger partial charge in [0.25, 0.3) is 5.91 Å². The van der Waals surface area contributed by atoms with E-state index in [1.165, 1.54) is 12.0 Å². The number of benzene rings is 1. The molecule has 3 rings (SSSR count). The van der Waals surface area contributed by atoms with Crippen LogP contribution in [0.5, 0.6) is 5.75 Å². The molecule has 0 saturated carbocycles. The van der Waals surface area contributed by atoms with E-state index in [2.05, 4.69) is 25.9 Å². The van der Waals surface area contributed by atoms with Crippen molar-refractivity contribution in [1.82, 2.24) is 10.1 Å². The SMILES string of the molecule is COC(=O)C1C[C@@](CC(C)C)(C(=O)OC(C)(C)C)N(C(=O)c2ccc(C(C)(C)C)c(OC)c2)[C@@H]1c1cc(C)on1. The van der Waals surface area contributed by atoms with Gasteiger partial charge in [0.1, 0.15) is 28.3 Å². The molecule has 0 N–H and O–H groups in total. The summed E-state index contributed by atoms with van der Waals surface area (Å²) in [5.41, 5.74) is -0.896. The van der Waals surface area contributed by atoms with Crippen molar-refractivity contribution in [2.75, 3.05) is 14.2 Å². The van der Waals surface area contributed by atoms with E-state index in [-0.39, 0.29) is 24.2 Å². The zero-order chi connectivity index (χ0) is 30.2. The van der Waals surface area contributed by atoms with Crippen LogP contribution < -0.4 is 4.74 Å². The van der Waals surface area contributed by atoms with Crippen LogP contribution in [0.2, 0.25) is 0 Å². The molecule has 1 aliphatic heterocycles. The molecule has 3 atom stereocenters. The highest BCUT2D eigenvalue weighted by Crippen LogP contribution is 2.51. The lowest BCUT2D eigenvalue weighted by Gasteiger charge is -2.41. The Morgan fingerprint density at radius 1 is 1.10 bits per heavy atom. The van der Waals surface area contributed by atoms with Crippen molar-refractivity contribution in [3.05, 3.63) is 46.8 Å². The van der Waals surface area contributed by atoms with E-state index in [0.717, 1.165) is 5.56 Å². The van der Waals surface area contributed by atoms with Gasteiger partial charge >= 0.3 is 11.9 Å². The van der Waals surface area contributed by atoms with Crippen LogP contribution in [0.25, 0.3) is 0 Å². The van der Waals surface area contributed by atoms with Gasteiger partial charge in [-0.15, -0.1) is 0 Å². The summed E-state index contributed by atoms with van der Waals surface area (Å²) in [6.07, 6.45) is 0.290. The first-order valence-electron chi connectivity index (χ1n) is 13.7. The molecule has 0 radical (unpaired) electrons. The average molecular weight is 557 g/mol. The lowest BCUT2D eigenvalue weighted by atomic mass is 9.83. The first kappa shape index (κ1) is 31.2. The predicted octanol–water partition coefficient (Wildman–Crippen LogP) is 5.79. The molecule has 1 aliphatic rings. The quantitative estimate of drug-likeness (QED) is 0.394. The van der Waals surface area contributed by atoms with E-state index in [0.29, 0.717) is 22.8 Å². The Morgan fingerprint density at radius 2 is 1.75 bits per heavy atom. The Morgan fingerprint density at radius 3 is 2.23 bits per heavy atom. The van der Waals surface area contributed by atoms with Gasteiger partial charge in [0, 0.05) is 11.6 Å². The number of hydrogen-bond acceptors (Lipinski definition) is 8. The van der Waals surface area contributed by atoms with Crippen molar-refractivity contribution in [2.45, 2.75) is 97.8 Å². The van der Waals surface area contributed by atoms with Gasteiger partial charge in [0.05, 0.1) is 26.2 Å². The minimum absolute atomic E-state index is 0.0169. The van der Waals surface area contributed by atoms with Gasteiger partial charge in [0.15, 0.2) is 0 Å². The molecule has 1 fully saturated rings. The smallest absolute Gasteiger partial charge is 0.332 e. The van der Waals surface area contributed by atoms with Crippen molar-refractivity contribution in [3.8, 4) is 5.75 Å². The average Bonchev–Trinajstić information content (AvgIpc) is 3.42. The number of aryl methyl sites for hydroxylation is 1. The van der Waals surface area contributed by atoms with E-state index >= 15 is 0 Å². The van der Waals surface area contributed by atoms with Gasteiger partial charge in [-0.1, -0.05) is 45.8 Å². The van der Waals surface area contributed by atoms with Crippen molar-refractivity contribution in [1.29, 1.82) is 0 Å². The number of esters is 2. The Bertz CT molecular complexity index is 1250. The van der Waals surface area contributed by atoms with Crippen molar-refractivity contribution in [2.24, 2.45) is 11.8 Å². The number of likely N-dealkylation sites (tertiary alicyclic amines) is 1. The molecule has 9 nitrogen and oxygen atoms in total. The summed E-state index contributed by atoms with van der Waals surface area (Å²) in [7, 11) is 2.86. The molecular formula is C31H44N2O7. The second kappa shape index (κ2) is 11.3. The number of nitrogens with zero attached hydrogens (tertiary/aromatic N) is 2. The number of aromatic nitrogens is 1. The fraction of sp³-hybridized carbons (Fsp3) is 0.613. The number of ether oxygens (including phenoxy) is 3. The van der Waals surface area contributed by atoms with Crippen LogP contribution >= 0.6 is 0 Å². The van der Waals surface area contributed by atoms with E-state index in [9.17, 15) is 14.4 Å². The molecule has 40 heavy (non-hydrogen) atoms. The Balaban J connectivity index is 2.32. The standard InChI is InChI=1S/C31H44N2O7/c1-18(2)16-31(28(36)39-30(7,8)9)17-21(27(35)38-11)25(23-14-19(3)40-32-23)33(31)26(34)20-12-13-22(29(4,5)6)24(15-20)37-10/h12-15,18,21,25H,16-17H2,1-11H3/t21?,25-,31-/m0/s1. The highest BCUT2D eigenvalue weighted by Gasteiger charge is 2.62. The number of rotatable bonds is 7. The fourth-order valence-electron chi connectivity index (χ4n) is 5.65. The maximum absolute atomic E-state index is 14.6. The molecular weight excluding hydrogens is 512 g/mol. The minimum Gasteiger partial charge on any atom is -0.496 e. The molecule has 0 bridgehead atoms. The second-order valence-corrected chi connectivity index (χ2v) is 13.1. The van der Waals surface area contributed by atoms with Gasteiger partial charge in [-0.3, -0.25) is 9.59 Å². The number of methoxy groups -OCH3 is 2. The molecule has 1 saturated heterocycles. The topological polar surface area (TPSA) is 108 Å². The van der Waals surface area contributed by atoms with E-state index in [1.54, 1.807) is 53.0 Å². The number of hydrogen-bond donors (Lipinski definition) is 0. The molecule has 220 valence electrons. The molecule has 2 heterocycles. The molecule has 1 unspecified atom stereocenters. The van der Waals surface area contributed by atoms with E-state index < -0.39 is 40.9 Å². The maximum atomic E-state index is 14.6. The van der Waals surface area contributed by atoms with Crippen molar-refractivity contribution < 1.29 is 33.1 Å². The summed E-state index contributed by atoms with van der Waals surface area (Å²) in [5.74, 6) is -1.38. The lowest BCUT2D eigenvalue weighted by Crippen LogP contribution is -2.56. The molecule has 2 aromatic rings. The third-order valence-corrected chi connectivity index (χ3v) is 7.13. The van der Waals surface area contributed by atoms with E-state index in [4.69, 9.17) is 18.7 Å². The third kappa shape index (κ3) is 6.18. The van der Waals surface area contributed by atoms with Crippen LogP contribution in [-0.2, 0) is 24.5 Å². The van der Waals surface area contributed by atoms with Gasteiger partial charge in [-0.2, -0.15) is 0 Å². The van der Waals surface area contributed by atoms with Crippen LogP contribution in [0, 0.1) is 18.8 Å². The summed E-state index contributed by atoms with van der Waals surface area (Å²) < 4.78 is 22.2. The first-order valence-corrected chi connectivity index (χ1v) is 13.7. The highest BCUT2D eigenvalue weighted by molar-refractivity contribution is 6.00. The number of carbonyl (C=O) groups is 3. The lowest BCUT2D eigenvalue weighted by molar-refractivity contribution is -0.168. The molecule has 9 heteroatoms. The van der Waals surface area contributed by atoms with Gasteiger partial charge < -0.3 is 23.6 Å². The van der Waals surface area contributed by atoms with Crippen molar-refractivity contribution in [3.63, 3.8) is 0 Å². The highest BCUT2D eigenvalue weighted by atomic mass is 16.6. The predicted molar refractivity (Wildman–Crippen MR) is 150 cm³/mol.